The molecule has 0 aliphatic rings. The molecule has 0 unspecified atom stereocenters. The van der Waals surface area contributed by atoms with Gasteiger partial charge in [-0.25, -0.2) is 0 Å². The number of likely N-dealkylation sites (N-methyl/N-ethyl adjacent to an activating group) is 1. The Balaban J connectivity index is 4.06. The number of hydrogen-bond acceptors (Lipinski definition) is 4. The van der Waals surface area contributed by atoms with Crippen molar-refractivity contribution in [2.75, 3.05) is 25.4 Å². The molecule has 16 heavy (non-hydrogen) atoms. The number of thioether (sulfide) groups is 1. The Morgan fingerprint density at radius 1 is 1.31 bits per heavy atom. The molecule has 0 N–H and O–H groups in total. The van der Waals surface area contributed by atoms with E-state index in [1.807, 2.05) is 20.8 Å². The molecular weight excluding hydrogens is 226 g/mol. The first-order valence-electron chi connectivity index (χ1n) is 5.56. The average molecular weight is 247 g/mol. The molecule has 0 bridgehead atoms. The van der Waals surface area contributed by atoms with Gasteiger partial charge in [-0.1, -0.05) is 13.8 Å². The Bertz CT molecular complexity index is 231. The summed E-state index contributed by atoms with van der Waals surface area (Å²) in [7, 11) is 0. The van der Waals surface area contributed by atoms with Gasteiger partial charge in [0.2, 0.25) is 5.91 Å². The summed E-state index contributed by atoms with van der Waals surface area (Å²) in [6.45, 7) is 8.64. The fraction of sp³-hybridized carbons (Fsp3) is 0.818. The molecule has 0 spiro atoms. The van der Waals surface area contributed by atoms with Crippen molar-refractivity contribution in [3.63, 3.8) is 0 Å². The molecule has 0 fully saturated rings. The highest BCUT2D eigenvalue weighted by Gasteiger charge is 2.16. The van der Waals surface area contributed by atoms with Crippen molar-refractivity contribution in [3.8, 4) is 0 Å². The van der Waals surface area contributed by atoms with Gasteiger partial charge in [0.1, 0.15) is 6.54 Å². The summed E-state index contributed by atoms with van der Waals surface area (Å²) in [5, 5.41) is 0.422. The fourth-order valence-corrected chi connectivity index (χ4v) is 1.73. The van der Waals surface area contributed by atoms with E-state index in [-0.39, 0.29) is 18.4 Å². The lowest BCUT2D eigenvalue weighted by Gasteiger charge is -2.19. The van der Waals surface area contributed by atoms with Crippen molar-refractivity contribution in [2.24, 2.45) is 0 Å². The summed E-state index contributed by atoms with van der Waals surface area (Å²) in [4.78, 5) is 24.5. The number of rotatable bonds is 7. The highest BCUT2D eigenvalue weighted by atomic mass is 32.2. The van der Waals surface area contributed by atoms with Crippen molar-refractivity contribution >= 4 is 23.6 Å². The maximum Gasteiger partial charge on any atom is 0.325 e. The summed E-state index contributed by atoms with van der Waals surface area (Å²) in [5.74, 6) is 0.0757. The van der Waals surface area contributed by atoms with E-state index >= 15 is 0 Å². The van der Waals surface area contributed by atoms with Gasteiger partial charge < -0.3 is 9.64 Å². The lowest BCUT2D eigenvalue weighted by Crippen LogP contribution is -2.37. The summed E-state index contributed by atoms with van der Waals surface area (Å²) >= 11 is 1.58. The second kappa shape index (κ2) is 8.44. The van der Waals surface area contributed by atoms with Gasteiger partial charge in [0.05, 0.1) is 12.4 Å². The van der Waals surface area contributed by atoms with Crippen LogP contribution in [0.3, 0.4) is 0 Å². The SMILES string of the molecule is CCOC(=O)CN(CC)C(=O)CSC(C)C. The fourth-order valence-electron chi connectivity index (χ4n) is 1.07. The summed E-state index contributed by atoms with van der Waals surface area (Å²) in [6.07, 6.45) is 0. The first-order valence-corrected chi connectivity index (χ1v) is 6.61. The van der Waals surface area contributed by atoms with Crippen molar-refractivity contribution in [2.45, 2.75) is 32.9 Å². The van der Waals surface area contributed by atoms with Crippen LogP contribution in [0.25, 0.3) is 0 Å². The van der Waals surface area contributed by atoms with Crippen LogP contribution in [0.5, 0.6) is 0 Å². The third-order valence-corrected chi connectivity index (χ3v) is 2.98. The number of amides is 1. The van der Waals surface area contributed by atoms with Crippen LogP contribution in [-0.2, 0) is 14.3 Å². The van der Waals surface area contributed by atoms with Gasteiger partial charge in [0, 0.05) is 6.54 Å². The van der Waals surface area contributed by atoms with E-state index < -0.39 is 0 Å². The zero-order valence-electron chi connectivity index (χ0n) is 10.5. The molecule has 0 aliphatic heterocycles. The molecule has 0 aromatic heterocycles. The topological polar surface area (TPSA) is 46.6 Å². The Labute approximate surface area is 102 Å². The van der Waals surface area contributed by atoms with Crippen LogP contribution in [0, 0.1) is 0 Å². The smallest absolute Gasteiger partial charge is 0.325 e. The van der Waals surface area contributed by atoms with E-state index in [0.29, 0.717) is 24.2 Å². The molecule has 0 aromatic carbocycles. The molecule has 0 rings (SSSR count). The monoisotopic (exact) mass is 247 g/mol. The molecule has 0 aromatic rings. The Kier molecular flexibility index (Phi) is 8.07. The van der Waals surface area contributed by atoms with Gasteiger partial charge in [-0.2, -0.15) is 0 Å². The Morgan fingerprint density at radius 3 is 2.38 bits per heavy atom. The number of carbonyl (C=O) groups is 2. The lowest BCUT2D eigenvalue weighted by molar-refractivity contribution is -0.148. The van der Waals surface area contributed by atoms with Crippen LogP contribution in [0.2, 0.25) is 0 Å². The molecule has 4 nitrogen and oxygen atoms in total. The van der Waals surface area contributed by atoms with Crippen LogP contribution in [0.1, 0.15) is 27.7 Å². The van der Waals surface area contributed by atoms with E-state index in [2.05, 4.69) is 0 Å². The van der Waals surface area contributed by atoms with Crippen LogP contribution < -0.4 is 0 Å². The first kappa shape index (κ1) is 15.3. The number of hydrogen-bond donors (Lipinski definition) is 0. The maximum absolute atomic E-state index is 11.7. The minimum Gasteiger partial charge on any atom is -0.465 e. The summed E-state index contributed by atoms with van der Waals surface area (Å²) in [6, 6.07) is 0. The molecule has 94 valence electrons. The van der Waals surface area contributed by atoms with E-state index in [4.69, 9.17) is 4.74 Å². The van der Waals surface area contributed by atoms with Gasteiger partial charge in [-0.3, -0.25) is 9.59 Å². The standard InChI is InChI=1S/C11H21NO3S/c1-5-12(7-11(14)15-6-2)10(13)8-16-9(3)4/h9H,5-8H2,1-4H3. The Hall–Kier alpha value is -0.710. The molecule has 0 heterocycles. The van der Waals surface area contributed by atoms with Gasteiger partial charge in [-0.05, 0) is 19.1 Å². The van der Waals surface area contributed by atoms with Crippen LogP contribution >= 0.6 is 11.8 Å². The van der Waals surface area contributed by atoms with Crippen molar-refractivity contribution in [1.29, 1.82) is 0 Å². The minimum atomic E-state index is -0.341. The number of carbonyl (C=O) groups excluding carboxylic acids is 2. The zero-order chi connectivity index (χ0) is 12.6. The highest BCUT2D eigenvalue weighted by molar-refractivity contribution is 8.00. The Morgan fingerprint density at radius 2 is 1.94 bits per heavy atom. The minimum absolute atomic E-state index is 0.00532. The third kappa shape index (κ3) is 6.71. The van der Waals surface area contributed by atoms with Gasteiger partial charge in [0.15, 0.2) is 0 Å². The van der Waals surface area contributed by atoms with Crippen molar-refractivity contribution < 1.29 is 14.3 Å². The van der Waals surface area contributed by atoms with E-state index in [1.54, 1.807) is 18.7 Å². The van der Waals surface area contributed by atoms with Crippen molar-refractivity contribution in [1.82, 2.24) is 4.90 Å². The summed E-state index contributed by atoms with van der Waals surface area (Å²) in [5.41, 5.74) is 0. The molecule has 5 heteroatoms. The second-order valence-electron chi connectivity index (χ2n) is 3.57. The number of esters is 1. The quantitative estimate of drug-likeness (QED) is 0.640. The van der Waals surface area contributed by atoms with E-state index in [0.717, 1.165) is 0 Å². The van der Waals surface area contributed by atoms with Gasteiger partial charge in [-0.15, -0.1) is 11.8 Å². The number of ether oxygens (including phenoxy) is 1. The third-order valence-electron chi connectivity index (χ3n) is 1.90. The first-order chi connectivity index (χ1) is 7.51. The molecule has 0 saturated heterocycles. The lowest BCUT2D eigenvalue weighted by atomic mass is 10.4. The maximum atomic E-state index is 11.7. The van der Waals surface area contributed by atoms with Crippen LogP contribution in [0.15, 0.2) is 0 Å². The molecule has 0 atom stereocenters. The normalized spacial score (nSPS) is 10.3. The van der Waals surface area contributed by atoms with Gasteiger partial charge in [0.25, 0.3) is 0 Å². The van der Waals surface area contributed by atoms with E-state index in [1.165, 1.54) is 4.90 Å². The summed E-state index contributed by atoms with van der Waals surface area (Å²) < 4.78 is 4.81. The molecule has 0 aliphatic carbocycles. The molecule has 1 amide bonds. The van der Waals surface area contributed by atoms with Gasteiger partial charge >= 0.3 is 5.97 Å². The van der Waals surface area contributed by atoms with Crippen molar-refractivity contribution in [3.05, 3.63) is 0 Å². The number of nitrogens with zero attached hydrogens (tertiary/aromatic N) is 1. The highest BCUT2D eigenvalue weighted by Crippen LogP contribution is 2.09. The molecular formula is C11H21NO3S. The second-order valence-corrected chi connectivity index (χ2v) is 5.14. The molecule has 0 radical (unpaired) electrons. The van der Waals surface area contributed by atoms with E-state index in [9.17, 15) is 9.59 Å². The predicted molar refractivity (Wildman–Crippen MR) is 66.5 cm³/mol. The van der Waals surface area contributed by atoms with Crippen LogP contribution in [-0.4, -0.2) is 47.5 Å². The largest absolute Gasteiger partial charge is 0.465 e. The molecule has 0 saturated carbocycles. The average Bonchev–Trinajstić information content (AvgIpc) is 2.22. The zero-order valence-corrected chi connectivity index (χ0v) is 11.3. The predicted octanol–water partition coefficient (Wildman–Crippen LogP) is 1.54. The van der Waals surface area contributed by atoms with Crippen LogP contribution in [0.4, 0.5) is 0 Å².